The van der Waals surface area contributed by atoms with Gasteiger partial charge in [0, 0.05) is 16.8 Å². The molecule has 1 saturated heterocycles. The van der Waals surface area contributed by atoms with E-state index in [1.165, 1.54) is 0 Å². The third kappa shape index (κ3) is 6.61. The SMILES string of the molecule is C=C(/N=C/c1cc(Cl)ccc1OC1CCSCC1)O[Si](C)(C)C. The van der Waals surface area contributed by atoms with Gasteiger partial charge in [0.1, 0.15) is 11.9 Å². The second-order valence-electron chi connectivity index (χ2n) is 6.48. The van der Waals surface area contributed by atoms with Crippen LogP contribution in [0.1, 0.15) is 18.4 Å². The van der Waals surface area contributed by atoms with Crippen LogP contribution in [-0.2, 0) is 4.43 Å². The van der Waals surface area contributed by atoms with Gasteiger partial charge in [-0.1, -0.05) is 11.6 Å². The summed E-state index contributed by atoms with van der Waals surface area (Å²) < 4.78 is 11.9. The molecule has 126 valence electrons. The van der Waals surface area contributed by atoms with Crippen molar-refractivity contribution in [3.05, 3.63) is 41.2 Å². The van der Waals surface area contributed by atoms with Crippen LogP contribution in [-0.4, -0.2) is 32.1 Å². The zero-order valence-corrected chi connectivity index (χ0v) is 16.5. The minimum Gasteiger partial charge on any atom is -0.532 e. The lowest BCUT2D eigenvalue weighted by Gasteiger charge is -2.23. The van der Waals surface area contributed by atoms with Gasteiger partial charge < -0.3 is 9.16 Å². The highest BCUT2D eigenvalue weighted by atomic mass is 35.5. The van der Waals surface area contributed by atoms with Crippen LogP contribution in [0.3, 0.4) is 0 Å². The lowest BCUT2D eigenvalue weighted by molar-refractivity contribution is 0.192. The first-order valence-electron chi connectivity index (χ1n) is 7.79. The van der Waals surface area contributed by atoms with Crippen molar-refractivity contribution in [3.8, 4) is 5.75 Å². The predicted octanol–water partition coefficient (Wildman–Crippen LogP) is 5.36. The average Bonchev–Trinajstić information content (AvgIpc) is 2.47. The van der Waals surface area contributed by atoms with Gasteiger partial charge in [-0.3, -0.25) is 0 Å². The predicted molar refractivity (Wildman–Crippen MR) is 104 cm³/mol. The molecule has 0 amide bonds. The van der Waals surface area contributed by atoms with Crippen LogP contribution in [0.4, 0.5) is 0 Å². The third-order valence-corrected chi connectivity index (χ3v) is 5.34. The third-order valence-electron chi connectivity index (χ3n) is 3.21. The highest BCUT2D eigenvalue weighted by Crippen LogP contribution is 2.27. The molecule has 0 spiro atoms. The molecule has 1 aromatic rings. The number of benzene rings is 1. The fourth-order valence-electron chi connectivity index (χ4n) is 2.22. The molecule has 0 N–H and O–H groups in total. The summed E-state index contributed by atoms with van der Waals surface area (Å²) in [5.74, 6) is 3.56. The van der Waals surface area contributed by atoms with Crippen LogP contribution in [0.2, 0.25) is 24.7 Å². The van der Waals surface area contributed by atoms with Crippen molar-refractivity contribution in [1.82, 2.24) is 0 Å². The molecule has 0 atom stereocenters. The van der Waals surface area contributed by atoms with Crippen LogP contribution in [0.5, 0.6) is 5.75 Å². The number of rotatable bonds is 6. The van der Waals surface area contributed by atoms with Crippen molar-refractivity contribution >= 4 is 37.9 Å². The number of aliphatic imine (C=N–C) groups is 1. The van der Waals surface area contributed by atoms with E-state index in [-0.39, 0.29) is 6.10 Å². The van der Waals surface area contributed by atoms with E-state index in [0.29, 0.717) is 10.9 Å². The maximum Gasteiger partial charge on any atom is 0.244 e. The van der Waals surface area contributed by atoms with Gasteiger partial charge in [-0.05, 0) is 68.8 Å². The van der Waals surface area contributed by atoms with E-state index in [2.05, 4.69) is 31.2 Å². The Hall–Kier alpha value is -0.913. The first-order chi connectivity index (χ1) is 10.8. The van der Waals surface area contributed by atoms with Gasteiger partial charge in [0.2, 0.25) is 8.32 Å². The molecule has 6 heteroatoms. The summed E-state index contributed by atoms with van der Waals surface area (Å²) in [7, 11) is -1.69. The van der Waals surface area contributed by atoms with Crippen LogP contribution in [0, 0.1) is 0 Å². The molecule has 3 nitrogen and oxygen atoms in total. The lowest BCUT2D eigenvalue weighted by atomic mass is 10.2. The zero-order valence-electron chi connectivity index (χ0n) is 14.0. The second-order valence-corrected chi connectivity index (χ2v) is 12.6. The Kier molecular flexibility index (Phi) is 6.62. The summed E-state index contributed by atoms with van der Waals surface area (Å²) in [5.41, 5.74) is 0.857. The van der Waals surface area contributed by atoms with Crippen molar-refractivity contribution in [1.29, 1.82) is 0 Å². The Labute approximate surface area is 149 Å². The molecular weight excluding hydrogens is 346 g/mol. The normalized spacial score (nSPS) is 16.5. The van der Waals surface area contributed by atoms with E-state index < -0.39 is 8.32 Å². The molecule has 0 radical (unpaired) electrons. The highest BCUT2D eigenvalue weighted by Gasteiger charge is 2.18. The number of thioether (sulfide) groups is 1. The van der Waals surface area contributed by atoms with Crippen LogP contribution >= 0.6 is 23.4 Å². The summed E-state index contributed by atoms with van der Waals surface area (Å²) in [6.07, 6.45) is 4.15. The molecule has 0 unspecified atom stereocenters. The van der Waals surface area contributed by atoms with Gasteiger partial charge in [0.05, 0.1) is 0 Å². The van der Waals surface area contributed by atoms with Gasteiger partial charge in [-0.15, -0.1) is 0 Å². The quantitative estimate of drug-likeness (QED) is 0.384. The molecule has 1 aromatic carbocycles. The number of halogens is 1. The molecule has 0 bridgehead atoms. The molecule has 23 heavy (non-hydrogen) atoms. The summed E-state index contributed by atoms with van der Waals surface area (Å²) in [6, 6.07) is 5.62. The maximum absolute atomic E-state index is 6.15. The van der Waals surface area contributed by atoms with E-state index in [9.17, 15) is 0 Å². The standard InChI is InChI=1S/C17H24ClNO2SSi/c1-13(21-23(2,3)4)19-12-14-11-15(18)5-6-17(14)20-16-7-9-22-10-8-16/h5-6,11-12,16H,1,7-10H2,2-4H3/b19-12+. The van der Waals surface area contributed by atoms with Crippen molar-refractivity contribution in [2.24, 2.45) is 4.99 Å². The van der Waals surface area contributed by atoms with Gasteiger partial charge in [-0.2, -0.15) is 11.8 Å². The number of hydrogen-bond donors (Lipinski definition) is 0. The Balaban J connectivity index is 2.10. The monoisotopic (exact) mass is 369 g/mol. The molecule has 2 rings (SSSR count). The molecule has 0 aromatic heterocycles. The van der Waals surface area contributed by atoms with Crippen molar-refractivity contribution in [2.75, 3.05) is 11.5 Å². The molecule has 1 aliphatic heterocycles. The van der Waals surface area contributed by atoms with Crippen LogP contribution < -0.4 is 4.74 Å². The van der Waals surface area contributed by atoms with Gasteiger partial charge >= 0.3 is 0 Å². The Bertz CT molecular complexity index is 580. The topological polar surface area (TPSA) is 30.8 Å². The Morgan fingerprint density at radius 3 is 2.70 bits per heavy atom. The Morgan fingerprint density at radius 1 is 1.35 bits per heavy atom. The zero-order chi connectivity index (χ0) is 16.9. The van der Waals surface area contributed by atoms with Gasteiger partial charge in [-0.25, -0.2) is 4.99 Å². The fourth-order valence-corrected chi connectivity index (χ4v) is 4.23. The second kappa shape index (κ2) is 8.26. The summed E-state index contributed by atoms with van der Waals surface area (Å²) in [5, 5.41) is 0.662. The van der Waals surface area contributed by atoms with Crippen LogP contribution in [0.25, 0.3) is 0 Å². The summed E-state index contributed by atoms with van der Waals surface area (Å²) in [4.78, 5) is 4.32. The Morgan fingerprint density at radius 2 is 2.04 bits per heavy atom. The van der Waals surface area contributed by atoms with E-state index in [1.807, 2.05) is 30.0 Å². The van der Waals surface area contributed by atoms with Crippen LogP contribution in [0.15, 0.2) is 35.7 Å². The maximum atomic E-state index is 6.15. The van der Waals surface area contributed by atoms with E-state index in [4.69, 9.17) is 20.8 Å². The average molecular weight is 370 g/mol. The molecular formula is C17H24ClNO2SSi. The molecule has 1 heterocycles. The van der Waals surface area contributed by atoms with Crippen molar-refractivity contribution < 1.29 is 9.16 Å². The largest absolute Gasteiger partial charge is 0.532 e. The minimum atomic E-state index is -1.69. The minimum absolute atomic E-state index is 0.269. The number of hydrogen-bond acceptors (Lipinski definition) is 4. The van der Waals surface area contributed by atoms with E-state index in [0.717, 1.165) is 35.7 Å². The summed E-state index contributed by atoms with van der Waals surface area (Å²) >= 11 is 8.10. The smallest absolute Gasteiger partial charge is 0.244 e. The van der Waals surface area contributed by atoms with Crippen molar-refractivity contribution in [3.63, 3.8) is 0 Å². The van der Waals surface area contributed by atoms with Gasteiger partial charge in [0.15, 0.2) is 5.88 Å². The lowest BCUT2D eigenvalue weighted by Crippen LogP contribution is -2.24. The molecule has 0 aliphatic carbocycles. The van der Waals surface area contributed by atoms with Crippen molar-refractivity contribution in [2.45, 2.75) is 38.6 Å². The fraction of sp³-hybridized carbons (Fsp3) is 0.471. The number of nitrogens with zero attached hydrogens (tertiary/aromatic N) is 1. The first-order valence-corrected chi connectivity index (χ1v) is 12.7. The number of ether oxygens (including phenoxy) is 1. The molecule has 0 saturated carbocycles. The molecule has 1 aliphatic rings. The van der Waals surface area contributed by atoms with E-state index >= 15 is 0 Å². The first kappa shape index (κ1) is 18.4. The highest BCUT2D eigenvalue weighted by molar-refractivity contribution is 7.99. The summed E-state index contributed by atoms with van der Waals surface area (Å²) in [6.45, 7) is 10.2. The van der Waals surface area contributed by atoms with E-state index in [1.54, 1.807) is 6.21 Å². The molecule has 1 fully saturated rings. The van der Waals surface area contributed by atoms with Gasteiger partial charge in [0.25, 0.3) is 0 Å².